The standard InChI is InChI=1S/C13H13ClN4O2/c1-7-3-4-15-12-11(7)16-9(6-14)18(12)8-5-10(19)17(2)13(8)20/h3-4,8H,5-6H2,1-2H3. The summed E-state index contributed by atoms with van der Waals surface area (Å²) < 4.78 is 1.69. The lowest BCUT2D eigenvalue weighted by Gasteiger charge is -2.13. The van der Waals surface area contributed by atoms with Crippen LogP contribution in [-0.2, 0) is 15.5 Å². The number of hydrogen-bond acceptors (Lipinski definition) is 4. The molecular weight excluding hydrogens is 280 g/mol. The molecule has 2 aromatic heterocycles. The zero-order valence-corrected chi connectivity index (χ0v) is 11.9. The van der Waals surface area contributed by atoms with E-state index in [4.69, 9.17) is 11.6 Å². The molecule has 0 saturated carbocycles. The third-order valence-corrected chi connectivity index (χ3v) is 3.88. The molecule has 20 heavy (non-hydrogen) atoms. The summed E-state index contributed by atoms with van der Waals surface area (Å²) in [5.74, 6) is 0.279. The number of amides is 2. The summed E-state index contributed by atoms with van der Waals surface area (Å²) in [6, 6.07) is 1.26. The first-order chi connectivity index (χ1) is 9.54. The maximum atomic E-state index is 12.2. The highest BCUT2D eigenvalue weighted by Gasteiger charge is 2.39. The van der Waals surface area contributed by atoms with E-state index in [-0.39, 0.29) is 24.1 Å². The minimum Gasteiger partial charge on any atom is -0.298 e. The SMILES string of the molecule is Cc1ccnc2c1nc(CCl)n2C1CC(=O)N(C)C1=O. The Kier molecular flexibility index (Phi) is 2.97. The summed E-state index contributed by atoms with van der Waals surface area (Å²) in [7, 11) is 1.49. The maximum Gasteiger partial charge on any atom is 0.252 e. The van der Waals surface area contributed by atoms with Gasteiger partial charge < -0.3 is 0 Å². The van der Waals surface area contributed by atoms with Crippen molar-refractivity contribution in [2.45, 2.75) is 25.3 Å². The van der Waals surface area contributed by atoms with Gasteiger partial charge in [0.05, 0.1) is 12.3 Å². The molecule has 3 rings (SSSR count). The largest absolute Gasteiger partial charge is 0.298 e. The number of likely N-dealkylation sites (N-methyl/N-ethyl adjacent to an activating group) is 1. The van der Waals surface area contributed by atoms with Gasteiger partial charge in [-0.3, -0.25) is 19.1 Å². The Morgan fingerprint density at radius 2 is 2.20 bits per heavy atom. The van der Waals surface area contributed by atoms with Crippen LogP contribution in [0.3, 0.4) is 0 Å². The van der Waals surface area contributed by atoms with Crippen LogP contribution in [-0.4, -0.2) is 38.3 Å². The van der Waals surface area contributed by atoms with Crippen molar-refractivity contribution in [1.29, 1.82) is 0 Å². The number of imide groups is 1. The van der Waals surface area contributed by atoms with Crippen LogP contribution >= 0.6 is 11.6 Å². The van der Waals surface area contributed by atoms with E-state index >= 15 is 0 Å². The van der Waals surface area contributed by atoms with Crippen LogP contribution in [0.25, 0.3) is 11.2 Å². The smallest absolute Gasteiger partial charge is 0.252 e. The lowest BCUT2D eigenvalue weighted by molar-refractivity contribution is -0.137. The number of aromatic nitrogens is 3. The Balaban J connectivity index is 2.23. The predicted molar refractivity (Wildman–Crippen MR) is 73.3 cm³/mol. The van der Waals surface area contributed by atoms with Crippen molar-refractivity contribution in [2.75, 3.05) is 7.05 Å². The molecule has 1 unspecified atom stereocenters. The Bertz CT molecular complexity index is 724. The third-order valence-electron chi connectivity index (χ3n) is 3.64. The number of nitrogens with zero attached hydrogens (tertiary/aromatic N) is 4. The van der Waals surface area contributed by atoms with Gasteiger partial charge in [0.2, 0.25) is 5.91 Å². The van der Waals surface area contributed by atoms with Crippen molar-refractivity contribution >= 4 is 34.6 Å². The maximum absolute atomic E-state index is 12.2. The number of fused-ring (bicyclic) bond motifs is 1. The summed E-state index contributed by atoms with van der Waals surface area (Å²) in [4.78, 5) is 33.8. The van der Waals surface area contributed by atoms with Gasteiger partial charge in [-0.2, -0.15) is 0 Å². The molecule has 6 nitrogen and oxygen atoms in total. The lowest BCUT2D eigenvalue weighted by Crippen LogP contribution is -2.27. The van der Waals surface area contributed by atoms with Gasteiger partial charge in [0.15, 0.2) is 5.65 Å². The molecular formula is C13H13ClN4O2. The van der Waals surface area contributed by atoms with Crippen molar-refractivity contribution in [3.05, 3.63) is 23.7 Å². The lowest BCUT2D eigenvalue weighted by atomic mass is 10.2. The Morgan fingerprint density at radius 3 is 2.80 bits per heavy atom. The van der Waals surface area contributed by atoms with E-state index in [1.165, 1.54) is 7.05 Å². The van der Waals surface area contributed by atoms with Crippen LogP contribution in [0.2, 0.25) is 0 Å². The van der Waals surface area contributed by atoms with Crippen molar-refractivity contribution < 1.29 is 9.59 Å². The quantitative estimate of drug-likeness (QED) is 0.620. The normalized spacial score (nSPS) is 19.4. The second kappa shape index (κ2) is 4.56. The van der Waals surface area contributed by atoms with E-state index in [0.717, 1.165) is 16.0 Å². The molecule has 1 aliphatic heterocycles. The molecule has 2 aromatic rings. The molecule has 1 aliphatic rings. The summed E-state index contributed by atoms with van der Waals surface area (Å²) in [6.45, 7) is 1.92. The van der Waals surface area contributed by atoms with Gasteiger partial charge in [-0.05, 0) is 18.6 Å². The molecule has 1 atom stereocenters. The number of halogens is 1. The van der Waals surface area contributed by atoms with Gasteiger partial charge in [0.1, 0.15) is 17.4 Å². The number of hydrogen-bond donors (Lipinski definition) is 0. The van der Waals surface area contributed by atoms with Crippen LogP contribution < -0.4 is 0 Å². The summed E-state index contributed by atoms with van der Waals surface area (Å²) in [5, 5.41) is 0. The van der Waals surface area contributed by atoms with E-state index in [9.17, 15) is 9.59 Å². The number of alkyl halides is 1. The number of carbonyl (C=O) groups is 2. The third kappa shape index (κ3) is 1.71. The molecule has 1 fully saturated rings. The highest BCUT2D eigenvalue weighted by Crippen LogP contribution is 2.29. The zero-order valence-electron chi connectivity index (χ0n) is 11.1. The van der Waals surface area contributed by atoms with Crippen LogP contribution in [0.1, 0.15) is 23.9 Å². The van der Waals surface area contributed by atoms with Crippen molar-refractivity contribution in [2.24, 2.45) is 0 Å². The van der Waals surface area contributed by atoms with E-state index < -0.39 is 6.04 Å². The van der Waals surface area contributed by atoms with Gasteiger partial charge in [-0.15, -0.1) is 11.6 Å². The Morgan fingerprint density at radius 1 is 1.45 bits per heavy atom. The number of pyridine rings is 1. The summed E-state index contributed by atoms with van der Waals surface area (Å²) in [6.07, 6.45) is 1.79. The first kappa shape index (κ1) is 13.1. The summed E-state index contributed by atoms with van der Waals surface area (Å²) >= 11 is 5.93. The van der Waals surface area contributed by atoms with E-state index in [1.54, 1.807) is 10.8 Å². The van der Waals surface area contributed by atoms with Crippen molar-refractivity contribution in [3.63, 3.8) is 0 Å². The highest BCUT2D eigenvalue weighted by molar-refractivity contribution is 6.17. The van der Waals surface area contributed by atoms with Gasteiger partial charge in [-0.25, -0.2) is 9.97 Å². The summed E-state index contributed by atoms with van der Waals surface area (Å²) in [5.41, 5.74) is 2.28. The Hall–Kier alpha value is -1.95. The van der Waals surface area contributed by atoms with Crippen LogP contribution in [0.4, 0.5) is 0 Å². The molecule has 2 amide bonds. The fraction of sp³-hybridized carbons (Fsp3) is 0.385. The first-order valence-electron chi connectivity index (χ1n) is 6.23. The Labute approximate surface area is 120 Å². The van der Waals surface area contributed by atoms with E-state index in [0.29, 0.717) is 11.5 Å². The fourth-order valence-corrected chi connectivity index (χ4v) is 2.70. The molecule has 7 heteroatoms. The topological polar surface area (TPSA) is 68.1 Å². The fourth-order valence-electron chi connectivity index (χ4n) is 2.52. The van der Waals surface area contributed by atoms with Crippen LogP contribution in [0.5, 0.6) is 0 Å². The average Bonchev–Trinajstić information content (AvgIpc) is 2.93. The predicted octanol–water partition coefficient (Wildman–Crippen LogP) is 1.41. The number of aryl methyl sites for hydroxylation is 1. The van der Waals surface area contributed by atoms with Gasteiger partial charge in [0.25, 0.3) is 5.91 Å². The highest BCUT2D eigenvalue weighted by atomic mass is 35.5. The van der Waals surface area contributed by atoms with Crippen molar-refractivity contribution in [3.8, 4) is 0 Å². The minimum atomic E-state index is -0.597. The second-order valence-corrected chi connectivity index (χ2v) is 5.11. The molecule has 1 saturated heterocycles. The first-order valence-corrected chi connectivity index (χ1v) is 6.76. The van der Waals surface area contributed by atoms with Crippen LogP contribution in [0.15, 0.2) is 12.3 Å². The average molecular weight is 293 g/mol. The number of likely N-dealkylation sites (tertiary alicyclic amines) is 1. The molecule has 0 bridgehead atoms. The molecule has 0 radical (unpaired) electrons. The van der Waals surface area contributed by atoms with Gasteiger partial charge in [0, 0.05) is 13.2 Å². The van der Waals surface area contributed by atoms with Crippen LogP contribution in [0, 0.1) is 6.92 Å². The molecule has 0 aromatic carbocycles. The number of rotatable bonds is 2. The zero-order chi connectivity index (χ0) is 14.4. The number of imidazole rings is 1. The van der Waals surface area contributed by atoms with Gasteiger partial charge >= 0.3 is 0 Å². The van der Waals surface area contributed by atoms with E-state index in [2.05, 4.69) is 9.97 Å². The molecule has 104 valence electrons. The van der Waals surface area contributed by atoms with Gasteiger partial charge in [-0.1, -0.05) is 0 Å². The molecule has 3 heterocycles. The minimum absolute atomic E-state index is 0.125. The van der Waals surface area contributed by atoms with Crippen molar-refractivity contribution in [1.82, 2.24) is 19.4 Å². The molecule has 0 spiro atoms. The monoisotopic (exact) mass is 292 g/mol. The van der Waals surface area contributed by atoms with E-state index in [1.807, 2.05) is 13.0 Å². The molecule has 0 N–H and O–H groups in total. The molecule has 0 aliphatic carbocycles. The number of carbonyl (C=O) groups excluding carboxylic acids is 2. The second-order valence-electron chi connectivity index (χ2n) is 4.84.